The van der Waals surface area contributed by atoms with Crippen molar-refractivity contribution in [3.8, 4) is 0 Å². The van der Waals surface area contributed by atoms with Gasteiger partial charge in [0.15, 0.2) is 18.1 Å². The van der Waals surface area contributed by atoms with Gasteiger partial charge in [0.2, 0.25) is 0 Å². The summed E-state index contributed by atoms with van der Waals surface area (Å²) in [6, 6.07) is 0. The minimum absolute atomic E-state index is 0.0661. The van der Waals surface area contributed by atoms with Gasteiger partial charge in [0.05, 0.1) is 12.7 Å². The van der Waals surface area contributed by atoms with Crippen LogP contribution in [0.5, 0.6) is 0 Å². The van der Waals surface area contributed by atoms with E-state index in [2.05, 4.69) is 47.3 Å². The fourth-order valence-electron chi connectivity index (χ4n) is 1.61. The zero-order valence-corrected chi connectivity index (χ0v) is 21.6. The second kappa shape index (κ2) is 10.6. The molecule has 9 heteroatoms. The van der Waals surface area contributed by atoms with Gasteiger partial charge < -0.3 is 17.7 Å². The molecule has 0 aromatic carbocycles. The molecule has 0 aromatic heterocycles. The summed E-state index contributed by atoms with van der Waals surface area (Å²) < 4.78 is 22.1. The molecule has 0 aliphatic carbocycles. The number of hydrogen-bond donors (Lipinski definition) is 0. The summed E-state index contributed by atoms with van der Waals surface area (Å²) in [6.45, 7) is 18.6. The van der Waals surface area contributed by atoms with E-state index in [9.17, 15) is 9.59 Å². The van der Waals surface area contributed by atoms with Crippen LogP contribution in [0.25, 0.3) is 0 Å². The monoisotopic (exact) mass is 420 g/mol. The van der Waals surface area contributed by atoms with E-state index < -0.39 is 40.0 Å². The van der Waals surface area contributed by atoms with Gasteiger partial charge in [-0.25, -0.2) is 9.59 Å². The van der Waals surface area contributed by atoms with Crippen LogP contribution in [0.2, 0.25) is 24.7 Å². The van der Waals surface area contributed by atoms with Gasteiger partial charge in [-0.15, -0.1) is 0 Å². The molecule has 0 aliphatic rings. The van der Waals surface area contributed by atoms with E-state index in [1.807, 2.05) is 0 Å². The van der Waals surface area contributed by atoms with E-state index in [0.29, 0.717) is 0 Å². The number of carbonyl (C=O) groups excluding carboxylic acids is 2. The minimum atomic E-state index is -1.51. The van der Waals surface area contributed by atoms with Crippen molar-refractivity contribution in [2.75, 3.05) is 6.61 Å². The molecule has 0 radical (unpaired) electrons. The third-order valence-corrected chi connectivity index (χ3v) is 11.3. The molecule has 0 saturated heterocycles. The highest BCUT2D eigenvalue weighted by atomic mass is 28.4. The van der Waals surface area contributed by atoms with Crippen molar-refractivity contribution in [1.29, 1.82) is 0 Å². The minimum Gasteiger partial charge on any atom is -0.462 e. The third kappa shape index (κ3) is 11.1. The third-order valence-electron chi connectivity index (χ3n) is 4.15. The summed E-state index contributed by atoms with van der Waals surface area (Å²) >= 11 is 0. The first-order valence-corrected chi connectivity index (χ1v) is 14.8. The molecule has 0 bridgehead atoms. The first-order chi connectivity index (χ1) is 11.7. The summed E-state index contributed by atoms with van der Waals surface area (Å²) in [5.74, 6) is -1.10. The summed E-state index contributed by atoms with van der Waals surface area (Å²) in [7, 11) is -3.29. The topological polar surface area (TPSA) is 71.1 Å². The fourth-order valence-corrected chi connectivity index (χ4v) is 6.98. The van der Waals surface area contributed by atoms with E-state index in [4.69, 9.17) is 17.7 Å². The lowest BCUT2D eigenvalue weighted by Gasteiger charge is -2.40. The van der Waals surface area contributed by atoms with E-state index in [-0.39, 0.29) is 23.2 Å². The Bertz CT molecular complexity index is 495. The molecule has 0 amide bonds. The van der Waals surface area contributed by atoms with Crippen LogP contribution in [0.3, 0.4) is 0 Å². The smallest absolute Gasteiger partial charge is 0.331 e. The Morgan fingerprint density at radius 2 is 1.58 bits per heavy atom. The average molecular weight is 421 g/mol. The van der Waals surface area contributed by atoms with Crippen LogP contribution in [0.1, 0.15) is 41.5 Å². The van der Waals surface area contributed by atoms with Crippen molar-refractivity contribution >= 4 is 40.0 Å². The first-order valence-electron chi connectivity index (χ1n) is 8.93. The van der Waals surface area contributed by atoms with Gasteiger partial charge in [0, 0.05) is 17.6 Å². The van der Waals surface area contributed by atoms with Gasteiger partial charge in [-0.05, 0) is 38.5 Å². The molecule has 0 N–H and O–H groups in total. The highest BCUT2D eigenvalue weighted by Crippen LogP contribution is 2.44. The number of carbonyl (C=O) groups is 2. The van der Waals surface area contributed by atoms with Crippen molar-refractivity contribution in [3.63, 3.8) is 0 Å². The fraction of sp³-hybridized carbons (Fsp3) is 0.765. The van der Waals surface area contributed by atoms with Gasteiger partial charge in [0.25, 0.3) is 10.0 Å². The largest absolute Gasteiger partial charge is 0.462 e. The van der Waals surface area contributed by atoms with Crippen LogP contribution in [-0.2, 0) is 27.3 Å². The van der Waals surface area contributed by atoms with Gasteiger partial charge in [-0.1, -0.05) is 27.7 Å². The summed E-state index contributed by atoms with van der Waals surface area (Å²) in [5.41, 5.74) is -0.241. The van der Waals surface area contributed by atoms with E-state index in [0.717, 1.165) is 12.2 Å². The highest BCUT2D eigenvalue weighted by molar-refractivity contribution is 6.73. The molecule has 0 aliphatic heterocycles. The van der Waals surface area contributed by atoms with Crippen molar-refractivity contribution in [1.82, 2.24) is 0 Å². The Balaban J connectivity index is 4.45. The van der Waals surface area contributed by atoms with Crippen molar-refractivity contribution < 1.29 is 27.3 Å². The van der Waals surface area contributed by atoms with Crippen LogP contribution >= 0.6 is 0 Å². The van der Waals surface area contributed by atoms with Gasteiger partial charge in [-0.2, -0.15) is 0 Å². The molecule has 0 aromatic rings. The zero-order chi connectivity index (χ0) is 20.6. The molecule has 0 spiro atoms. The molecule has 0 atom stereocenters. The molecular formula is C17H36O6Si3. The molecule has 0 unspecified atom stereocenters. The number of ether oxygens (including phenoxy) is 2. The average Bonchev–Trinajstić information content (AvgIpc) is 2.46. The standard InChI is InChI=1S/C17H36O6Si3/c1-13(2)21-15(19)11-10-14(18)20-12-16(3,4)17(5,6)24-22-25-23-26(7,8)9/h10-11,13H,12,24-25H2,1-9H3/b11-10+. The number of esters is 2. The number of hydrogen-bond acceptors (Lipinski definition) is 6. The summed E-state index contributed by atoms with van der Waals surface area (Å²) in [6.07, 6.45) is 1.98. The Morgan fingerprint density at radius 3 is 2.08 bits per heavy atom. The maximum Gasteiger partial charge on any atom is 0.331 e. The SMILES string of the molecule is CC(C)OC(=O)/C=C/C(=O)OCC(C)(C)C(C)(C)[SiH2]O[SiH2]O[Si](C)(C)C. The van der Waals surface area contributed by atoms with E-state index in [1.54, 1.807) is 13.8 Å². The molecular weight excluding hydrogens is 384 g/mol. The molecule has 6 nitrogen and oxygen atoms in total. The molecule has 152 valence electrons. The van der Waals surface area contributed by atoms with E-state index >= 15 is 0 Å². The lowest BCUT2D eigenvalue weighted by molar-refractivity contribution is -0.144. The molecule has 0 saturated carbocycles. The van der Waals surface area contributed by atoms with Gasteiger partial charge >= 0.3 is 11.9 Å². The van der Waals surface area contributed by atoms with Crippen molar-refractivity contribution in [2.24, 2.45) is 5.41 Å². The van der Waals surface area contributed by atoms with Crippen LogP contribution in [0.4, 0.5) is 0 Å². The molecule has 0 heterocycles. The highest BCUT2D eigenvalue weighted by Gasteiger charge is 2.38. The predicted octanol–water partition coefficient (Wildman–Crippen LogP) is 2.21. The maximum absolute atomic E-state index is 11.8. The lowest BCUT2D eigenvalue weighted by atomic mass is 9.81. The summed E-state index contributed by atoms with van der Waals surface area (Å²) in [5, 5.41) is -0.0661. The second-order valence-electron chi connectivity index (χ2n) is 8.92. The summed E-state index contributed by atoms with van der Waals surface area (Å²) in [4.78, 5) is 23.2. The lowest BCUT2D eigenvalue weighted by Crippen LogP contribution is -2.38. The van der Waals surface area contributed by atoms with E-state index in [1.165, 1.54) is 0 Å². The quantitative estimate of drug-likeness (QED) is 0.221. The molecule has 0 rings (SSSR count). The second-order valence-corrected chi connectivity index (χ2v) is 18.2. The predicted molar refractivity (Wildman–Crippen MR) is 112 cm³/mol. The molecule has 26 heavy (non-hydrogen) atoms. The Labute approximate surface area is 164 Å². The normalized spacial score (nSPS) is 14.2. The molecule has 0 fully saturated rings. The maximum atomic E-state index is 11.8. The van der Waals surface area contributed by atoms with Crippen molar-refractivity contribution in [3.05, 3.63) is 12.2 Å². The van der Waals surface area contributed by atoms with Crippen LogP contribution in [-0.4, -0.2) is 52.7 Å². The Hall–Kier alpha value is -0.749. The van der Waals surface area contributed by atoms with Crippen LogP contribution in [0, 0.1) is 5.41 Å². The number of rotatable bonds is 11. The zero-order valence-electron chi connectivity index (χ0n) is 17.8. The first kappa shape index (κ1) is 25.3. The van der Waals surface area contributed by atoms with Gasteiger partial charge in [-0.3, -0.25) is 0 Å². The Morgan fingerprint density at radius 1 is 1.04 bits per heavy atom. The van der Waals surface area contributed by atoms with Crippen LogP contribution in [0.15, 0.2) is 12.2 Å². The van der Waals surface area contributed by atoms with Crippen molar-refractivity contribution in [2.45, 2.75) is 72.3 Å². The van der Waals surface area contributed by atoms with Crippen LogP contribution < -0.4 is 0 Å². The van der Waals surface area contributed by atoms with Gasteiger partial charge in [0.1, 0.15) is 0 Å². The Kier molecular flexibility index (Phi) is 10.2.